The summed E-state index contributed by atoms with van der Waals surface area (Å²) in [6, 6.07) is 11.6. The van der Waals surface area contributed by atoms with E-state index in [2.05, 4.69) is 41.1 Å². The molecule has 0 bridgehead atoms. The highest BCUT2D eigenvalue weighted by molar-refractivity contribution is 6.30. The zero-order chi connectivity index (χ0) is 16.2. The summed E-state index contributed by atoms with van der Waals surface area (Å²) in [6.45, 7) is 4.45. The van der Waals surface area contributed by atoms with E-state index in [0.717, 1.165) is 5.56 Å². The second-order valence-corrected chi connectivity index (χ2v) is 5.73. The minimum atomic E-state index is 0.141. The quantitative estimate of drug-likeness (QED) is 0.645. The third-order valence-electron chi connectivity index (χ3n) is 3.38. The second kappa shape index (κ2) is 6.79. The Hall–Kier alpha value is -2.40. The van der Waals surface area contributed by atoms with Crippen molar-refractivity contribution in [3.8, 4) is 17.1 Å². The molecule has 0 aliphatic heterocycles. The zero-order valence-corrected chi connectivity index (χ0v) is 13.6. The van der Waals surface area contributed by atoms with Gasteiger partial charge in [0, 0.05) is 11.8 Å². The van der Waals surface area contributed by atoms with E-state index in [9.17, 15) is 0 Å². The summed E-state index contributed by atoms with van der Waals surface area (Å²) in [5.74, 6) is 1.89. The Kier molecular flexibility index (Phi) is 4.57. The van der Waals surface area contributed by atoms with Crippen molar-refractivity contribution >= 4 is 11.6 Å². The van der Waals surface area contributed by atoms with Crippen LogP contribution in [0.1, 0.15) is 31.2 Å². The third-order valence-corrected chi connectivity index (χ3v) is 3.66. The van der Waals surface area contributed by atoms with Crippen LogP contribution in [0.4, 0.5) is 0 Å². The number of pyridine rings is 1. The number of hydrogen-bond donors (Lipinski definition) is 0. The van der Waals surface area contributed by atoms with E-state index in [-0.39, 0.29) is 6.61 Å². The number of rotatable bonds is 5. The molecular formula is C17H16ClN3O2. The molecule has 118 valence electrons. The minimum absolute atomic E-state index is 0.141. The summed E-state index contributed by atoms with van der Waals surface area (Å²) in [6.07, 6.45) is 1.60. The number of ether oxygens (including phenoxy) is 1. The van der Waals surface area contributed by atoms with E-state index >= 15 is 0 Å². The fraction of sp³-hybridized carbons (Fsp3) is 0.235. The Balaban J connectivity index is 1.69. The molecule has 23 heavy (non-hydrogen) atoms. The van der Waals surface area contributed by atoms with Crippen molar-refractivity contribution in [2.24, 2.45) is 0 Å². The molecule has 0 saturated heterocycles. The van der Waals surface area contributed by atoms with E-state index in [1.54, 1.807) is 18.3 Å². The molecule has 0 unspecified atom stereocenters. The van der Waals surface area contributed by atoms with Gasteiger partial charge in [0.2, 0.25) is 5.82 Å². The van der Waals surface area contributed by atoms with Gasteiger partial charge in [0.15, 0.2) is 17.5 Å². The molecule has 6 heteroatoms. The molecule has 2 heterocycles. The average Bonchev–Trinajstić information content (AvgIpc) is 3.03. The van der Waals surface area contributed by atoms with Crippen molar-refractivity contribution in [1.82, 2.24) is 15.1 Å². The molecule has 3 aromatic rings. The van der Waals surface area contributed by atoms with Gasteiger partial charge in [0.25, 0.3) is 5.89 Å². The lowest BCUT2D eigenvalue weighted by Crippen LogP contribution is -1.97. The van der Waals surface area contributed by atoms with Gasteiger partial charge in [-0.15, -0.1) is 0 Å². The molecule has 3 rings (SSSR count). The first kappa shape index (κ1) is 15.5. The fourth-order valence-electron chi connectivity index (χ4n) is 2.07. The molecule has 0 radical (unpaired) electrons. The van der Waals surface area contributed by atoms with Crippen LogP contribution in [-0.2, 0) is 6.61 Å². The van der Waals surface area contributed by atoms with Crippen LogP contribution in [0.25, 0.3) is 11.4 Å². The summed E-state index contributed by atoms with van der Waals surface area (Å²) in [5, 5.41) is 4.28. The smallest absolute Gasteiger partial charge is 0.264 e. The molecule has 0 aliphatic rings. The number of halogens is 1. The lowest BCUT2D eigenvalue weighted by molar-refractivity contribution is 0.242. The Morgan fingerprint density at radius 3 is 2.65 bits per heavy atom. The zero-order valence-electron chi connectivity index (χ0n) is 12.9. The molecule has 0 aliphatic carbocycles. The molecule has 0 amide bonds. The van der Waals surface area contributed by atoms with Gasteiger partial charge < -0.3 is 9.26 Å². The highest BCUT2D eigenvalue weighted by Gasteiger charge is 2.11. The molecule has 0 saturated carbocycles. The van der Waals surface area contributed by atoms with Crippen LogP contribution >= 0.6 is 11.6 Å². The Morgan fingerprint density at radius 1 is 1.17 bits per heavy atom. The normalized spacial score (nSPS) is 11.0. The van der Waals surface area contributed by atoms with Gasteiger partial charge in [-0.05, 0) is 23.6 Å². The lowest BCUT2D eigenvalue weighted by atomic mass is 10.0. The maximum atomic E-state index is 5.93. The Morgan fingerprint density at radius 2 is 1.96 bits per heavy atom. The van der Waals surface area contributed by atoms with Crippen molar-refractivity contribution in [2.45, 2.75) is 26.4 Å². The maximum Gasteiger partial charge on any atom is 0.264 e. The molecular weight excluding hydrogens is 314 g/mol. The lowest BCUT2D eigenvalue weighted by Gasteiger charge is -2.04. The van der Waals surface area contributed by atoms with Gasteiger partial charge in [-0.1, -0.05) is 54.9 Å². The van der Waals surface area contributed by atoms with E-state index < -0.39 is 0 Å². The van der Waals surface area contributed by atoms with Crippen molar-refractivity contribution in [1.29, 1.82) is 0 Å². The summed E-state index contributed by atoms with van der Waals surface area (Å²) >= 11 is 5.93. The third kappa shape index (κ3) is 3.68. The highest BCUT2D eigenvalue weighted by Crippen LogP contribution is 2.23. The summed E-state index contributed by atoms with van der Waals surface area (Å²) < 4.78 is 10.7. The average molecular weight is 330 g/mol. The van der Waals surface area contributed by atoms with Crippen molar-refractivity contribution in [3.05, 3.63) is 59.2 Å². The maximum absolute atomic E-state index is 5.93. The first-order chi connectivity index (χ1) is 11.1. The van der Waals surface area contributed by atoms with Gasteiger partial charge in [-0.2, -0.15) is 4.98 Å². The van der Waals surface area contributed by atoms with E-state index in [0.29, 0.717) is 28.5 Å². The molecule has 0 spiro atoms. The highest BCUT2D eigenvalue weighted by atomic mass is 35.5. The largest absolute Gasteiger partial charge is 0.481 e. The van der Waals surface area contributed by atoms with Crippen LogP contribution in [0.15, 0.2) is 47.1 Å². The molecule has 5 nitrogen and oxygen atoms in total. The van der Waals surface area contributed by atoms with Crippen LogP contribution in [-0.4, -0.2) is 15.1 Å². The van der Waals surface area contributed by atoms with Crippen molar-refractivity contribution in [2.75, 3.05) is 0 Å². The standard InChI is InChI=1S/C17H16ClN3O2/c1-11(2)12-5-7-13(8-6-12)17-20-15(23-21-17)10-22-14-4-3-9-19-16(14)18/h3-9,11H,10H2,1-2H3. The summed E-state index contributed by atoms with van der Waals surface area (Å²) in [5.41, 5.74) is 2.18. The van der Waals surface area contributed by atoms with Gasteiger partial charge in [0.05, 0.1) is 0 Å². The number of nitrogens with zero attached hydrogens (tertiary/aromatic N) is 3. The van der Waals surface area contributed by atoms with Gasteiger partial charge in [0.1, 0.15) is 0 Å². The molecule has 0 fully saturated rings. The van der Waals surface area contributed by atoms with Gasteiger partial charge >= 0.3 is 0 Å². The predicted octanol–water partition coefficient (Wildman–Crippen LogP) is 4.49. The molecule has 1 aromatic carbocycles. The van der Waals surface area contributed by atoms with Gasteiger partial charge in [-0.25, -0.2) is 4.98 Å². The Labute approximate surface area is 139 Å². The molecule has 0 N–H and O–H groups in total. The Bertz CT molecular complexity index is 785. The SMILES string of the molecule is CC(C)c1ccc(-c2noc(COc3cccnc3Cl)n2)cc1. The van der Waals surface area contributed by atoms with E-state index in [1.165, 1.54) is 5.56 Å². The number of hydrogen-bond acceptors (Lipinski definition) is 5. The van der Waals surface area contributed by atoms with Crippen LogP contribution in [0, 0.1) is 0 Å². The van der Waals surface area contributed by atoms with Crippen molar-refractivity contribution < 1.29 is 9.26 Å². The molecule has 2 aromatic heterocycles. The van der Waals surface area contributed by atoms with Crippen LogP contribution in [0.2, 0.25) is 5.15 Å². The predicted molar refractivity (Wildman–Crippen MR) is 87.4 cm³/mol. The van der Waals surface area contributed by atoms with E-state index in [4.69, 9.17) is 20.9 Å². The van der Waals surface area contributed by atoms with E-state index in [1.807, 2.05) is 12.1 Å². The number of benzene rings is 1. The van der Waals surface area contributed by atoms with Crippen LogP contribution in [0.3, 0.4) is 0 Å². The summed E-state index contributed by atoms with van der Waals surface area (Å²) in [4.78, 5) is 8.27. The van der Waals surface area contributed by atoms with Crippen molar-refractivity contribution in [3.63, 3.8) is 0 Å². The van der Waals surface area contributed by atoms with Crippen LogP contribution < -0.4 is 4.74 Å². The topological polar surface area (TPSA) is 61.0 Å². The number of aromatic nitrogens is 3. The van der Waals surface area contributed by atoms with Crippen LogP contribution in [0.5, 0.6) is 5.75 Å². The second-order valence-electron chi connectivity index (χ2n) is 5.37. The van der Waals surface area contributed by atoms with Gasteiger partial charge in [-0.3, -0.25) is 0 Å². The fourth-order valence-corrected chi connectivity index (χ4v) is 2.24. The monoisotopic (exact) mass is 329 g/mol. The first-order valence-electron chi connectivity index (χ1n) is 7.29. The molecule has 0 atom stereocenters. The minimum Gasteiger partial charge on any atom is -0.481 e. The first-order valence-corrected chi connectivity index (χ1v) is 7.67. The summed E-state index contributed by atoms with van der Waals surface area (Å²) in [7, 11) is 0.